The van der Waals surface area contributed by atoms with Crippen LogP contribution < -0.4 is 9.64 Å². The summed E-state index contributed by atoms with van der Waals surface area (Å²) in [6.07, 6.45) is 2.19. The van der Waals surface area contributed by atoms with E-state index in [1.54, 1.807) is 29.1 Å². The maximum absolute atomic E-state index is 13.1. The number of aromatic nitrogens is 1. The van der Waals surface area contributed by atoms with Gasteiger partial charge >= 0.3 is 0 Å². The fourth-order valence-corrected chi connectivity index (χ4v) is 5.04. The van der Waals surface area contributed by atoms with E-state index in [0.717, 1.165) is 11.8 Å². The number of H-pyrrole nitrogens is 1. The van der Waals surface area contributed by atoms with E-state index in [1.165, 1.54) is 6.07 Å². The third-order valence-electron chi connectivity index (χ3n) is 6.01. The van der Waals surface area contributed by atoms with E-state index >= 15 is 0 Å². The fourth-order valence-electron chi connectivity index (χ4n) is 4.38. The minimum absolute atomic E-state index is 0.0597. The number of hydrogen-bond donors (Lipinski definition) is 1. The lowest BCUT2D eigenvalue weighted by molar-refractivity contribution is -0.128. The number of ether oxygens (including phenoxy) is 1. The minimum atomic E-state index is -3.55. The van der Waals surface area contributed by atoms with Gasteiger partial charge in [0.2, 0.25) is 0 Å². The average molecular weight is 446 g/mol. The summed E-state index contributed by atoms with van der Waals surface area (Å²) in [5.74, 6) is -0.141. The molecule has 0 bridgehead atoms. The van der Waals surface area contributed by atoms with E-state index in [4.69, 9.17) is 4.74 Å². The van der Waals surface area contributed by atoms with Crippen molar-refractivity contribution in [2.45, 2.75) is 37.7 Å². The van der Waals surface area contributed by atoms with Crippen LogP contribution >= 0.6 is 0 Å². The molecule has 2 aliphatic heterocycles. The van der Waals surface area contributed by atoms with Gasteiger partial charge in [0.05, 0.1) is 10.6 Å². The first-order valence-electron chi connectivity index (χ1n) is 10.3. The summed E-state index contributed by atoms with van der Waals surface area (Å²) < 4.78 is 31.2. The summed E-state index contributed by atoms with van der Waals surface area (Å²) in [7, 11) is -1.83. The fraction of sp³-hybridized carbons (Fsp3) is 0.455. The first-order chi connectivity index (χ1) is 14.5. The summed E-state index contributed by atoms with van der Waals surface area (Å²) in [4.78, 5) is 31.9. The van der Waals surface area contributed by atoms with E-state index in [0.29, 0.717) is 35.8 Å². The van der Waals surface area contributed by atoms with Gasteiger partial charge in [-0.3, -0.25) is 9.59 Å². The minimum Gasteiger partial charge on any atom is -0.478 e. The number of rotatable bonds is 4. The van der Waals surface area contributed by atoms with E-state index < -0.39 is 15.9 Å². The molecule has 2 amide bonds. The molecular formula is C22H27N3O5S. The van der Waals surface area contributed by atoms with Crippen LogP contribution in [0.4, 0.5) is 5.69 Å². The maximum Gasteiger partial charge on any atom is 0.270 e. The standard InChI is InChI=1S/C22H27N3O5S/c1-6-25-17-10-13(31(5,28)29)9-15(20(17)30-19(12(2)3)22(25)27)16-11-24(4)21(26)18-14(16)7-8-23-18/h7-10,12,16,19,23H,6,11H2,1-5H3. The van der Waals surface area contributed by atoms with Gasteiger partial charge in [-0.05, 0) is 36.6 Å². The molecule has 0 spiro atoms. The Kier molecular flexibility index (Phi) is 5.12. The number of carbonyl (C=O) groups is 2. The van der Waals surface area contributed by atoms with E-state index in [1.807, 2.05) is 26.8 Å². The number of anilines is 1. The van der Waals surface area contributed by atoms with Crippen molar-refractivity contribution in [3.63, 3.8) is 0 Å². The Balaban J connectivity index is 2.00. The van der Waals surface area contributed by atoms with E-state index in [9.17, 15) is 18.0 Å². The highest BCUT2D eigenvalue weighted by atomic mass is 32.2. The van der Waals surface area contributed by atoms with Crippen LogP contribution in [0.3, 0.4) is 0 Å². The Morgan fingerprint density at radius 1 is 1.23 bits per heavy atom. The molecule has 2 aromatic rings. The van der Waals surface area contributed by atoms with Gasteiger partial charge in [0.1, 0.15) is 11.4 Å². The van der Waals surface area contributed by atoms with Crippen LogP contribution in [0.15, 0.2) is 29.3 Å². The molecular weight excluding hydrogens is 418 g/mol. The quantitative estimate of drug-likeness (QED) is 0.779. The monoisotopic (exact) mass is 445 g/mol. The molecule has 166 valence electrons. The molecule has 1 N–H and O–H groups in total. The Bertz CT molecular complexity index is 1170. The van der Waals surface area contributed by atoms with Crippen molar-refractivity contribution < 1.29 is 22.7 Å². The van der Waals surface area contributed by atoms with Crippen molar-refractivity contribution in [1.29, 1.82) is 0 Å². The summed E-state index contributed by atoms with van der Waals surface area (Å²) in [6, 6.07) is 4.98. The van der Waals surface area contributed by atoms with Crippen molar-refractivity contribution >= 4 is 27.3 Å². The molecule has 4 rings (SSSR count). The number of amides is 2. The Morgan fingerprint density at radius 3 is 2.55 bits per heavy atom. The Labute approximate surface area is 182 Å². The average Bonchev–Trinajstić information content (AvgIpc) is 3.18. The molecule has 0 saturated heterocycles. The molecule has 8 nitrogen and oxygen atoms in total. The molecule has 9 heteroatoms. The first-order valence-corrected chi connectivity index (χ1v) is 12.2. The molecule has 2 unspecified atom stereocenters. The van der Waals surface area contributed by atoms with Crippen molar-refractivity contribution in [2.75, 3.05) is 31.3 Å². The molecule has 0 fully saturated rings. The third-order valence-corrected chi connectivity index (χ3v) is 7.11. The number of carbonyl (C=O) groups excluding carboxylic acids is 2. The topological polar surface area (TPSA) is 99.8 Å². The molecule has 0 radical (unpaired) electrons. The van der Waals surface area contributed by atoms with Crippen molar-refractivity contribution in [3.8, 4) is 5.75 Å². The van der Waals surface area contributed by atoms with Crippen molar-refractivity contribution in [3.05, 3.63) is 41.2 Å². The number of nitrogens with one attached hydrogen (secondary N) is 1. The van der Waals surface area contributed by atoms with Gasteiger partial charge in [0, 0.05) is 44.1 Å². The van der Waals surface area contributed by atoms with E-state index in [-0.39, 0.29) is 28.5 Å². The molecule has 2 aliphatic rings. The number of benzene rings is 1. The van der Waals surface area contributed by atoms with Gasteiger partial charge in [-0.1, -0.05) is 13.8 Å². The number of aromatic amines is 1. The summed E-state index contributed by atoms with van der Waals surface area (Å²) in [5.41, 5.74) is 2.39. The Morgan fingerprint density at radius 2 is 1.94 bits per heavy atom. The van der Waals surface area contributed by atoms with Crippen LogP contribution in [0.2, 0.25) is 0 Å². The molecule has 1 aromatic heterocycles. The number of sulfone groups is 1. The number of fused-ring (bicyclic) bond motifs is 2. The second-order valence-corrected chi connectivity index (χ2v) is 10.6. The zero-order valence-corrected chi connectivity index (χ0v) is 19.1. The molecule has 0 saturated carbocycles. The SMILES string of the molecule is CCN1C(=O)C(C(C)C)Oc2c(C3CN(C)C(=O)c4[nH]ccc43)cc(S(C)(=O)=O)cc21. The largest absolute Gasteiger partial charge is 0.478 e. The smallest absolute Gasteiger partial charge is 0.270 e. The van der Waals surface area contributed by atoms with Crippen LogP contribution in [0.1, 0.15) is 48.3 Å². The van der Waals surface area contributed by atoms with Crippen LogP contribution in [0.25, 0.3) is 0 Å². The third kappa shape index (κ3) is 3.40. The maximum atomic E-state index is 13.1. The molecule has 2 atom stereocenters. The normalized spacial score (nSPS) is 21.2. The highest BCUT2D eigenvalue weighted by molar-refractivity contribution is 7.90. The van der Waals surface area contributed by atoms with Crippen LogP contribution in [-0.4, -0.2) is 62.6 Å². The molecule has 3 heterocycles. The number of hydrogen-bond acceptors (Lipinski definition) is 5. The zero-order valence-electron chi connectivity index (χ0n) is 18.3. The predicted molar refractivity (Wildman–Crippen MR) is 116 cm³/mol. The predicted octanol–water partition coefficient (Wildman–Crippen LogP) is 2.41. The van der Waals surface area contributed by atoms with Crippen LogP contribution in [0, 0.1) is 5.92 Å². The highest BCUT2D eigenvalue weighted by Crippen LogP contribution is 2.46. The van der Waals surface area contributed by atoms with Gasteiger partial charge in [0.25, 0.3) is 11.8 Å². The van der Waals surface area contributed by atoms with Gasteiger partial charge in [-0.25, -0.2) is 8.42 Å². The summed E-state index contributed by atoms with van der Waals surface area (Å²) in [6.45, 7) is 6.46. The number of nitrogens with zero attached hydrogens (tertiary/aromatic N) is 2. The second kappa shape index (κ2) is 7.40. The van der Waals surface area contributed by atoms with Crippen molar-refractivity contribution in [1.82, 2.24) is 9.88 Å². The molecule has 0 aliphatic carbocycles. The lowest BCUT2D eigenvalue weighted by Crippen LogP contribution is -2.48. The van der Waals surface area contributed by atoms with Crippen molar-refractivity contribution in [2.24, 2.45) is 5.92 Å². The lowest BCUT2D eigenvalue weighted by atomic mass is 9.86. The van der Waals surface area contributed by atoms with Gasteiger partial charge in [-0.2, -0.15) is 0 Å². The van der Waals surface area contributed by atoms with Crippen LogP contribution in [-0.2, 0) is 14.6 Å². The Hall–Kier alpha value is -2.81. The highest BCUT2D eigenvalue weighted by Gasteiger charge is 2.41. The zero-order chi connectivity index (χ0) is 22.7. The summed E-state index contributed by atoms with van der Waals surface area (Å²) >= 11 is 0. The molecule has 31 heavy (non-hydrogen) atoms. The van der Waals surface area contributed by atoms with Gasteiger partial charge < -0.3 is 19.5 Å². The second-order valence-electron chi connectivity index (χ2n) is 8.54. The van der Waals surface area contributed by atoms with Crippen LogP contribution in [0.5, 0.6) is 5.75 Å². The first kappa shape index (κ1) is 21.4. The molecule has 1 aromatic carbocycles. The van der Waals surface area contributed by atoms with Gasteiger partial charge in [-0.15, -0.1) is 0 Å². The number of likely N-dealkylation sites (N-methyl/N-ethyl adjacent to an activating group) is 2. The van der Waals surface area contributed by atoms with Gasteiger partial charge in [0.15, 0.2) is 15.9 Å². The van der Waals surface area contributed by atoms with E-state index in [2.05, 4.69) is 4.98 Å². The summed E-state index contributed by atoms with van der Waals surface area (Å²) in [5, 5.41) is 0. The lowest BCUT2D eigenvalue weighted by Gasteiger charge is -2.39.